The number of hydrogen-bond acceptors (Lipinski definition) is 3. The van der Waals surface area contributed by atoms with Crippen LogP contribution < -0.4 is 10.7 Å². The molecule has 0 aliphatic carbocycles. The lowest BCUT2D eigenvalue weighted by Gasteiger charge is -2.09. The highest BCUT2D eigenvalue weighted by molar-refractivity contribution is 7.80. The highest BCUT2D eigenvalue weighted by Crippen LogP contribution is 2.16. The van der Waals surface area contributed by atoms with Crippen molar-refractivity contribution < 1.29 is 0 Å². The van der Waals surface area contributed by atoms with Crippen LogP contribution in [-0.4, -0.2) is 11.3 Å². The van der Waals surface area contributed by atoms with Crippen LogP contribution in [0.25, 0.3) is 0 Å². The van der Waals surface area contributed by atoms with Gasteiger partial charge in [-0.3, -0.25) is 5.43 Å². The van der Waals surface area contributed by atoms with Gasteiger partial charge in [-0.2, -0.15) is 10.4 Å². The number of thiocarbonyl (C=S) groups is 1. The van der Waals surface area contributed by atoms with Crippen molar-refractivity contribution in [3.8, 4) is 6.07 Å². The predicted molar refractivity (Wildman–Crippen MR) is 98.6 cm³/mol. The van der Waals surface area contributed by atoms with Gasteiger partial charge in [0, 0.05) is 5.69 Å². The lowest BCUT2D eigenvalue weighted by atomic mass is 10.0. The summed E-state index contributed by atoms with van der Waals surface area (Å²) in [4.78, 5) is 0. The van der Waals surface area contributed by atoms with Crippen molar-refractivity contribution in [2.45, 2.75) is 19.8 Å². The maximum atomic E-state index is 8.74. The summed E-state index contributed by atoms with van der Waals surface area (Å²) in [6.45, 7) is 4.32. The van der Waals surface area contributed by atoms with Crippen molar-refractivity contribution in [1.82, 2.24) is 5.43 Å². The van der Waals surface area contributed by atoms with Crippen molar-refractivity contribution in [3.63, 3.8) is 0 Å². The number of rotatable bonds is 4. The molecule has 0 saturated carbocycles. The number of nitrogens with zero attached hydrogens (tertiary/aromatic N) is 2. The second kappa shape index (κ2) is 8.06. The van der Waals surface area contributed by atoms with Gasteiger partial charge >= 0.3 is 0 Å². The fourth-order valence-electron chi connectivity index (χ4n) is 1.92. The van der Waals surface area contributed by atoms with Crippen molar-refractivity contribution in [1.29, 1.82) is 5.26 Å². The molecule has 2 N–H and O–H groups in total. The second-order valence-corrected chi connectivity index (χ2v) is 5.74. The summed E-state index contributed by atoms with van der Waals surface area (Å²) in [5, 5.41) is 16.3. The zero-order valence-corrected chi connectivity index (χ0v) is 13.9. The second-order valence-electron chi connectivity index (χ2n) is 5.33. The van der Waals surface area contributed by atoms with Gasteiger partial charge in [-0.05, 0) is 53.5 Å². The van der Waals surface area contributed by atoms with Gasteiger partial charge in [0.2, 0.25) is 0 Å². The Hall–Kier alpha value is -2.71. The molecule has 23 heavy (non-hydrogen) atoms. The highest BCUT2D eigenvalue weighted by Gasteiger charge is 2.00. The molecule has 5 heteroatoms. The van der Waals surface area contributed by atoms with E-state index >= 15 is 0 Å². The van der Waals surface area contributed by atoms with Gasteiger partial charge in [-0.25, -0.2) is 0 Å². The molecular formula is C18H18N4S. The lowest BCUT2D eigenvalue weighted by Crippen LogP contribution is -2.23. The molecule has 0 radical (unpaired) electrons. The third-order valence-corrected chi connectivity index (χ3v) is 3.45. The van der Waals surface area contributed by atoms with Crippen LogP contribution in [-0.2, 0) is 0 Å². The zero-order valence-electron chi connectivity index (χ0n) is 13.1. The third-order valence-electron chi connectivity index (χ3n) is 3.25. The summed E-state index contributed by atoms with van der Waals surface area (Å²) < 4.78 is 0. The lowest BCUT2D eigenvalue weighted by molar-refractivity contribution is 0.867. The van der Waals surface area contributed by atoms with E-state index in [2.05, 4.69) is 47.9 Å². The van der Waals surface area contributed by atoms with E-state index in [1.807, 2.05) is 24.3 Å². The first-order chi connectivity index (χ1) is 11.1. The van der Waals surface area contributed by atoms with E-state index in [0.717, 1.165) is 11.3 Å². The van der Waals surface area contributed by atoms with Crippen LogP contribution in [0.5, 0.6) is 0 Å². The molecule has 0 aromatic heterocycles. The molecular weight excluding hydrogens is 304 g/mol. The topological polar surface area (TPSA) is 60.2 Å². The molecule has 0 spiro atoms. The Morgan fingerprint density at radius 3 is 2.35 bits per heavy atom. The van der Waals surface area contributed by atoms with Crippen molar-refractivity contribution >= 4 is 29.2 Å². The Labute approximate surface area is 141 Å². The van der Waals surface area contributed by atoms with E-state index in [4.69, 9.17) is 17.5 Å². The number of nitriles is 1. The van der Waals surface area contributed by atoms with Gasteiger partial charge in [0.15, 0.2) is 5.11 Å². The summed E-state index contributed by atoms with van der Waals surface area (Å²) in [5.74, 6) is 0.506. The normalized spacial score (nSPS) is 10.5. The molecule has 2 aromatic rings. The molecule has 116 valence electrons. The first kappa shape index (κ1) is 16.7. The van der Waals surface area contributed by atoms with Crippen LogP contribution in [0.4, 0.5) is 5.69 Å². The minimum atomic E-state index is 0.423. The zero-order chi connectivity index (χ0) is 16.7. The van der Waals surface area contributed by atoms with Gasteiger partial charge in [0.1, 0.15) is 0 Å². The van der Waals surface area contributed by atoms with E-state index in [1.54, 1.807) is 18.3 Å². The summed E-state index contributed by atoms with van der Waals surface area (Å²) in [6.07, 6.45) is 1.65. The molecule has 0 atom stereocenters. The van der Waals surface area contributed by atoms with E-state index in [1.165, 1.54) is 5.56 Å². The first-order valence-corrected chi connectivity index (χ1v) is 7.69. The van der Waals surface area contributed by atoms with Gasteiger partial charge in [-0.1, -0.05) is 38.1 Å². The maximum absolute atomic E-state index is 8.74. The maximum Gasteiger partial charge on any atom is 0.191 e. The standard InChI is InChI=1S/C18H18N4S/c1-13(2)16-7-9-17(10-8-16)21-18(23)22-20-12-15-5-3-14(11-19)4-6-15/h3-10,12-13H,1-2H3,(H2,21,22,23). The quantitative estimate of drug-likeness (QED) is 0.507. The minimum Gasteiger partial charge on any atom is -0.331 e. The minimum absolute atomic E-state index is 0.423. The molecule has 0 fully saturated rings. The van der Waals surface area contributed by atoms with Crippen LogP contribution in [0.2, 0.25) is 0 Å². The molecule has 2 aromatic carbocycles. The third kappa shape index (κ3) is 5.20. The molecule has 0 aliphatic rings. The predicted octanol–water partition coefficient (Wildman–Crippen LogP) is 4.00. The molecule has 0 saturated heterocycles. The summed E-state index contributed by atoms with van der Waals surface area (Å²) in [7, 11) is 0. The Morgan fingerprint density at radius 1 is 1.13 bits per heavy atom. The number of anilines is 1. The SMILES string of the molecule is CC(C)c1ccc(NC(=S)NN=Cc2ccc(C#N)cc2)cc1. The van der Waals surface area contributed by atoms with E-state index in [0.29, 0.717) is 16.6 Å². The highest BCUT2D eigenvalue weighted by atomic mass is 32.1. The van der Waals surface area contributed by atoms with Gasteiger partial charge < -0.3 is 5.32 Å². The van der Waals surface area contributed by atoms with E-state index < -0.39 is 0 Å². The summed E-state index contributed by atoms with van der Waals surface area (Å²) in [5.41, 5.74) is 6.48. The van der Waals surface area contributed by atoms with Gasteiger partial charge in [-0.15, -0.1) is 0 Å². The van der Waals surface area contributed by atoms with Crippen molar-refractivity contribution in [2.24, 2.45) is 5.10 Å². The van der Waals surface area contributed by atoms with Crippen LogP contribution in [0, 0.1) is 11.3 Å². The fourth-order valence-corrected chi connectivity index (χ4v) is 2.09. The smallest absolute Gasteiger partial charge is 0.191 e. The Kier molecular flexibility index (Phi) is 5.84. The molecule has 4 nitrogen and oxygen atoms in total. The van der Waals surface area contributed by atoms with Crippen LogP contribution >= 0.6 is 12.2 Å². The van der Waals surface area contributed by atoms with E-state index in [9.17, 15) is 0 Å². The Bertz CT molecular complexity index is 725. The van der Waals surface area contributed by atoms with Crippen LogP contribution in [0.15, 0.2) is 53.6 Å². The first-order valence-electron chi connectivity index (χ1n) is 7.28. The van der Waals surface area contributed by atoms with Gasteiger partial charge in [0.05, 0.1) is 17.8 Å². The Morgan fingerprint density at radius 2 is 1.78 bits per heavy atom. The largest absolute Gasteiger partial charge is 0.331 e. The van der Waals surface area contributed by atoms with Crippen molar-refractivity contribution in [3.05, 3.63) is 65.2 Å². The Balaban J connectivity index is 1.86. The van der Waals surface area contributed by atoms with Gasteiger partial charge in [0.25, 0.3) is 0 Å². The number of benzene rings is 2. The summed E-state index contributed by atoms with van der Waals surface area (Å²) in [6, 6.07) is 17.4. The van der Waals surface area contributed by atoms with Crippen LogP contribution in [0.3, 0.4) is 0 Å². The average Bonchev–Trinajstić information content (AvgIpc) is 2.56. The number of hydrogen-bond donors (Lipinski definition) is 2. The average molecular weight is 322 g/mol. The van der Waals surface area contributed by atoms with Crippen molar-refractivity contribution in [2.75, 3.05) is 5.32 Å². The molecule has 0 amide bonds. The molecule has 0 unspecified atom stereocenters. The fraction of sp³-hybridized carbons (Fsp3) is 0.167. The molecule has 0 heterocycles. The van der Waals surface area contributed by atoms with E-state index in [-0.39, 0.29) is 0 Å². The molecule has 0 bridgehead atoms. The number of nitrogens with one attached hydrogen (secondary N) is 2. The molecule has 0 aliphatic heterocycles. The van der Waals surface area contributed by atoms with Crippen LogP contribution in [0.1, 0.15) is 36.5 Å². The molecule has 2 rings (SSSR count). The summed E-state index contributed by atoms with van der Waals surface area (Å²) >= 11 is 5.20. The number of hydrazone groups is 1. The monoisotopic (exact) mass is 322 g/mol.